The third kappa shape index (κ3) is 5.84. The number of aryl methyl sites for hydroxylation is 1. The van der Waals surface area contributed by atoms with Crippen molar-refractivity contribution in [3.63, 3.8) is 0 Å². The largest absolute Gasteiger partial charge is 0.394 e. The molecule has 12 heteroatoms. The molecule has 2 aromatic heterocycles. The number of carbonyl (C=O) groups is 1. The number of aromatic nitrogens is 2. The number of pyridine rings is 1. The SMILES string of the molecule is C[C@H](CO)NC(=O)c1cn(CCCNc2ccc([N+](=O)[O-])c(N)n2)cc1-c1ccc(F)cc1F. The molecular formula is C22H24F2N6O4. The van der Waals surface area contributed by atoms with Gasteiger partial charge in [-0.3, -0.25) is 14.9 Å². The van der Waals surface area contributed by atoms with Crippen LogP contribution in [0.5, 0.6) is 0 Å². The van der Waals surface area contributed by atoms with Gasteiger partial charge in [0.2, 0.25) is 5.82 Å². The number of hydrogen-bond donors (Lipinski definition) is 4. The second kappa shape index (κ2) is 10.7. The second-order valence-electron chi connectivity index (χ2n) is 7.64. The first-order chi connectivity index (χ1) is 16.2. The van der Waals surface area contributed by atoms with Gasteiger partial charge in [0, 0.05) is 54.8 Å². The maximum atomic E-state index is 14.4. The summed E-state index contributed by atoms with van der Waals surface area (Å²) >= 11 is 0. The monoisotopic (exact) mass is 474 g/mol. The highest BCUT2D eigenvalue weighted by molar-refractivity contribution is 6.01. The maximum Gasteiger partial charge on any atom is 0.311 e. The number of aliphatic hydroxyl groups excluding tert-OH is 1. The van der Waals surface area contributed by atoms with Crippen LogP contribution in [0.1, 0.15) is 23.7 Å². The molecular weight excluding hydrogens is 450 g/mol. The van der Waals surface area contributed by atoms with Gasteiger partial charge in [0.15, 0.2) is 0 Å². The molecule has 0 aliphatic rings. The molecule has 10 nitrogen and oxygen atoms in total. The molecule has 3 rings (SSSR count). The van der Waals surface area contributed by atoms with E-state index in [9.17, 15) is 28.8 Å². The molecule has 0 bridgehead atoms. The lowest BCUT2D eigenvalue weighted by Crippen LogP contribution is -2.35. The fraction of sp³-hybridized carbons (Fsp3) is 0.273. The van der Waals surface area contributed by atoms with Gasteiger partial charge >= 0.3 is 5.69 Å². The average molecular weight is 474 g/mol. The summed E-state index contributed by atoms with van der Waals surface area (Å²) in [5.74, 6) is -1.85. The number of anilines is 2. The molecule has 0 aliphatic carbocycles. The van der Waals surface area contributed by atoms with E-state index in [1.807, 2.05) is 0 Å². The predicted molar refractivity (Wildman–Crippen MR) is 122 cm³/mol. The van der Waals surface area contributed by atoms with Crippen molar-refractivity contribution >= 4 is 23.2 Å². The van der Waals surface area contributed by atoms with E-state index >= 15 is 0 Å². The van der Waals surface area contributed by atoms with Crippen molar-refractivity contribution in [2.75, 3.05) is 24.2 Å². The fourth-order valence-corrected chi connectivity index (χ4v) is 3.29. The van der Waals surface area contributed by atoms with Crippen molar-refractivity contribution in [2.45, 2.75) is 25.9 Å². The van der Waals surface area contributed by atoms with Crippen LogP contribution in [0.4, 0.5) is 26.1 Å². The summed E-state index contributed by atoms with van der Waals surface area (Å²) < 4.78 is 29.5. The first kappa shape index (κ1) is 24.6. The Labute approximate surface area is 193 Å². The number of hydrogen-bond acceptors (Lipinski definition) is 7. The number of nitrogen functional groups attached to an aromatic ring is 1. The predicted octanol–water partition coefficient (Wildman–Crippen LogP) is 2.93. The number of amides is 1. The van der Waals surface area contributed by atoms with Gasteiger partial charge in [0.1, 0.15) is 17.5 Å². The highest BCUT2D eigenvalue weighted by Crippen LogP contribution is 2.28. The molecule has 0 aliphatic heterocycles. The van der Waals surface area contributed by atoms with Crippen molar-refractivity contribution in [2.24, 2.45) is 0 Å². The number of rotatable bonds is 10. The molecule has 5 N–H and O–H groups in total. The molecule has 2 heterocycles. The first-order valence-corrected chi connectivity index (χ1v) is 10.4. The number of halogens is 2. The Morgan fingerprint density at radius 3 is 2.68 bits per heavy atom. The van der Waals surface area contributed by atoms with Crippen LogP contribution in [0.3, 0.4) is 0 Å². The Balaban J connectivity index is 1.73. The van der Waals surface area contributed by atoms with Crippen LogP contribution < -0.4 is 16.4 Å². The topological polar surface area (TPSA) is 148 Å². The number of carbonyl (C=O) groups excluding carboxylic acids is 1. The second-order valence-corrected chi connectivity index (χ2v) is 7.64. The minimum atomic E-state index is -0.800. The van der Waals surface area contributed by atoms with Crippen LogP contribution in [0.2, 0.25) is 0 Å². The van der Waals surface area contributed by atoms with E-state index in [0.29, 0.717) is 25.3 Å². The number of nitro groups is 1. The van der Waals surface area contributed by atoms with Crippen LogP contribution in [0.25, 0.3) is 11.1 Å². The van der Waals surface area contributed by atoms with Crippen LogP contribution in [0, 0.1) is 21.7 Å². The first-order valence-electron chi connectivity index (χ1n) is 10.4. The van der Waals surface area contributed by atoms with Gasteiger partial charge in [-0.05, 0) is 31.5 Å². The Bertz CT molecular complexity index is 1200. The van der Waals surface area contributed by atoms with Crippen molar-refractivity contribution in [3.8, 4) is 11.1 Å². The molecule has 0 saturated heterocycles. The maximum absolute atomic E-state index is 14.4. The van der Waals surface area contributed by atoms with E-state index in [2.05, 4.69) is 15.6 Å². The van der Waals surface area contributed by atoms with Gasteiger partial charge in [-0.1, -0.05) is 0 Å². The lowest BCUT2D eigenvalue weighted by atomic mass is 10.0. The van der Waals surface area contributed by atoms with Crippen molar-refractivity contribution in [1.29, 1.82) is 0 Å². The molecule has 0 unspecified atom stereocenters. The summed E-state index contributed by atoms with van der Waals surface area (Å²) in [7, 11) is 0. The molecule has 0 fully saturated rings. The normalized spacial score (nSPS) is 11.8. The van der Waals surface area contributed by atoms with E-state index in [1.54, 1.807) is 23.9 Å². The van der Waals surface area contributed by atoms with Gasteiger partial charge < -0.3 is 26.0 Å². The number of nitrogens with one attached hydrogen (secondary N) is 2. The van der Waals surface area contributed by atoms with Crippen LogP contribution in [-0.2, 0) is 6.54 Å². The van der Waals surface area contributed by atoms with Crippen molar-refractivity contribution < 1.29 is 23.6 Å². The average Bonchev–Trinajstić information content (AvgIpc) is 3.20. The molecule has 1 aromatic carbocycles. The molecule has 0 spiro atoms. The van der Waals surface area contributed by atoms with Crippen LogP contribution >= 0.6 is 0 Å². The lowest BCUT2D eigenvalue weighted by Gasteiger charge is -2.11. The van der Waals surface area contributed by atoms with Crippen molar-refractivity contribution in [1.82, 2.24) is 14.9 Å². The Morgan fingerprint density at radius 1 is 1.26 bits per heavy atom. The zero-order valence-corrected chi connectivity index (χ0v) is 18.3. The summed E-state index contributed by atoms with van der Waals surface area (Å²) in [5, 5.41) is 25.7. The molecule has 0 saturated carbocycles. The minimum absolute atomic E-state index is 0.0747. The minimum Gasteiger partial charge on any atom is -0.394 e. The van der Waals surface area contributed by atoms with Crippen molar-refractivity contribution in [3.05, 3.63) is 70.0 Å². The van der Waals surface area contributed by atoms with Gasteiger partial charge in [-0.2, -0.15) is 0 Å². The zero-order valence-electron chi connectivity index (χ0n) is 18.3. The van der Waals surface area contributed by atoms with Crippen LogP contribution in [0.15, 0.2) is 42.7 Å². The third-order valence-electron chi connectivity index (χ3n) is 5.00. The molecule has 1 amide bonds. The van der Waals surface area contributed by atoms with E-state index in [-0.39, 0.29) is 34.8 Å². The standard InChI is InChI=1S/C22H24F2N6O4/c1-13(12-31)27-22(32)17-11-29(10-16(17)15-4-3-14(23)9-18(15)24)8-2-7-26-20-6-5-19(30(33)34)21(25)28-20/h3-6,9-11,13,31H,2,7-8,12H2,1H3,(H,27,32)(H3,25,26,28)/t13-/m1/s1. The van der Waals surface area contributed by atoms with E-state index in [0.717, 1.165) is 12.1 Å². The summed E-state index contributed by atoms with van der Waals surface area (Å²) in [5.41, 5.74) is 5.85. The molecule has 3 aromatic rings. The lowest BCUT2D eigenvalue weighted by molar-refractivity contribution is -0.384. The van der Waals surface area contributed by atoms with Gasteiger partial charge in [0.25, 0.3) is 5.91 Å². The van der Waals surface area contributed by atoms with E-state index in [1.165, 1.54) is 18.2 Å². The highest BCUT2D eigenvalue weighted by atomic mass is 19.1. The van der Waals surface area contributed by atoms with Gasteiger partial charge in [-0.25, -0.2) is 13.8 Å². The molecule has 0 radical (unpaired) electrons. The van der Waals surface area contributed by atoms with Gasteiger partial charge in [-0.15, -0.1) is 0 Å². The number of aliphatic hydroxyl groups is 1. The fourth-order valence-electron chi connectivity index (χ4n) is 3.29. The summed E-state index contributed by atoms with van der Waals surface area (Å²) in [6.07, 6.45) is 3.71. The number of nitrogens with two attached hydrogens (primary N) is 1. The third-order valence-corrected chi connectivity index (χ3v) is 5.00. The summed E-state index contributed by atoms with van der Waals surface area (Å²) in [6.45, 7) is 2.23. The molecule has 180 valence electrons. The Hall–Kier alpha value is -4.06. The molecule has 34 heavy (non-hydrogen) atoms. The Morgan fingerprint density at radius 2 is 2.03 bits per heavy atom. The quantitative estimate of drug-likeness (QED) is 0.201. The van der Waals surface area contributed by atoms with Gasteiger partial charge in [0.05, 0.1) is 17.1 Å². The molecule has 1 atom stereocenters. The Kier molecular flexibility index (Phi) is 7.74. The van der Waals surface area contributed by atoms with Crippen LogP contribution in [-0.4, -0.2) is 44.7 Å². The summed E-state index contributed by atoms with van der Waals surface area (Å²) in [6, 6.07) is 5.33. The highest BCUT2D eigenvalue weighted by Gasteiger charge is 2.20. The smallest absolute Gasteiger partial charge is 0.311 e. The zero-order chi connectivity index (χ0) is 24.8. The van der Waals surface area contributed by atoms with E-state index < -0.39 is 28.5 Å². The van der Waals surface area contributed by atoms with E-state index in [4.69, 9.17) is 5.73 Å². The number of nitrogens with zero attached hydrogens (tertiary/aromatic N) is 3. The summed E-state index contributed by atoms with van der Waals surface area (Å²) in [4.78, 5) is 26.9. The number of benzene rings is 1.